The lowest BCUT2D eigenvalue weighted by Gasteiger charge is -2.43. The minimum absolute atomic E-state index is 0.671. The van der Waals surface area contributed by atoms with E-state index in [9.17, 15) is 0 Å². The van der Waals surface area contributed by atoms with Gasteiger partial charge in [0.2, 0.25) is 0 Å². The largest absolute Gasteiger partial charge is 0.314 e. The molecule has 18 heavy (non-hydrogen) atoms. The average Bonchev–Trinajstić information content (AvgIpc) is 2.75. The summed E-state index contributed by atoms with van der Waals surface area (Å²) in [6.45, 7) is 12.7. The molecule has 2 heterocycles. The van der Waals surface area contributed by atoms with Gasteiger partial charge in [0, 0.05) is 30.1 Å². The van der Waals surface area contributed by atoms with Crippen molar-refractivity contribution in [2.75, 3.05) is 13.1 Å². The molecule has 1 aromatic rings. The first-order valence-electron chi connectivity index (χ1n) is 7.13. The summed E-state index contributed by atoms with van der Waals surface area (Å²) < 4.78 is 0. The molecule has 2 nitrogen and oxygen atoms in total. The molecule has 1 aromatic heterocycles. The van der Waals surface area contributed by atoms with Crippen molar-refractivity contribution >= 4 is 11.3 Å². The quantitative estimate of drug-likeness (QED) is 0.900. The van der Waals surface area contributed by atoms with Crippen molar-refractivity contribution in [3.63, 3.8) is 0 Å². The second-order valence-corrected chi connectivity index (χ2v) is 6.55. The van der Waals surface area contributed by atoms with Gasteiger partial charge in [0.15, 0.2) is 0 Å². The van der Waals surface area contributed by atoms with Crippen LogP contribution in [0, 0.1) is 12.8 Å². The Bertz CT molecular complexity index is 374. The number of nitrogens with zero attached hydrogens (tertiary/aromatic N) is 1. The zero-order valence-electron chi connectivity index (χ0n) is 12.1. The predicted molar refractivity (Wildman–Crippen MR) is 80.2 cm³/mol. The van der Waals surface area contributed by atoms with E-state index in [1.54, 1.807) is 0 Å². The Balaban J connectivity index is 1.98. The van der Waals surface area contributed by atoms with Crippen molar-refractivity contribution < 1.29 is 0 Å². The van der Waals surface area contributed by atoms with E-state index in [0.717, 1.165) is 19.0 Å². The SMILES string of the molecule is CCNC1CCN(Cc2sccc2C)C(C)C1C. The summed E-state index contributed by atoms with van der Waals surface area (Å²) >= 11 is 1.90. The van der Waals surface area contributed by atoms with Crippen LogP contribution in [0.4, 0.5) is 0 Å². The lowest BCUT2D eigenvalue weighted by Crippen LogP contribution is -2.52. The molecule has 0 bridgehead atoms. The van der Waals surface area contributed by atoms with E-state index in [1.165, 1.54) is 23.4 Å². The fourth-order valence-electron chi connectivity index (χ4n) is 2.96. The van der Waals surface area contributed by atoms with Gasteiger partial charge in [-0.3, -0.25) is 4.90 Å². The van der Waals surface area contributed by atoms with Crippen LogP contribution in [-0.2, 0) is 6.54 Å². The molecular formula is C15H26N2S. The Hall–Kier alpha value is -0.380. The van der Waals surface area contributed by atoms with E-state index in [2.05, 4.69) is 49.4 Å². The van der Waals surface area contributed by atoms with Gasteiger partial charge in [-0.25, -0.2) is 0 Å². The summed E-state index contributed by atoms with van der Waals surface area (Å²) in [4.78, 5) is 4.19. The minimum atomic E-state index is 0.671. The van der Waals surface area contributed by atoms with Gasteiger partial charge in [0.05, 0.1) is 0 Å². The van der Waals surface area contributed by atoms with Gasteiger partial charge < -0.3 is 5.32 Å². The topological polar surface area (TPSA) is 15.3 Å². The lowest BCUT2D eigenvalue weighted by molar-refractivity contribution is 0.0798. The maximum Gasteiger partial charge on any atom is 0.0333 e. The van der Waals surface area contributed by atoms with Crippen LogP contribution in [0.1, 0.15) is 37.6 Å². The number of piperidine rings is 1. The molecule has 0 spiro atoms. The Morgan fingerprint density at radius 2 is 2.22 bits per heavy atom. The third-order valence-corrected chi connectivity index (χ3v) is 5.49. The molecule has 0 radical (unpaired) electrons. The second-order valence-electron chi connectivity index (χ2n) is 5.55. The first-order chi connectivity index (χ1) is 8.63. The number of rotatable bonds is 4. The lowest BCUT2D eigenvalue weighted by atomic mass is 9.87. The monoisotopic (exact) mass is 266 g/mol. The van der Waals surface area contributed by atoms with Crippen LogP contribution >= 0.6 is 11.3 Å². The van der Waals surface area contributed by atoms with E-state index in [1.807, 2.05) is 11.3 Å². The molecule has 1 fully saturated rings. The molecule has 3 atom stereocenters. The number of nitrogens with one attached hydrogen (secondary N) is 1. The van der Waals surface area contributed by atoms with Crippen molar-refractivity contribution in [3.05, 3.63) is 21.9 Å². The third kappa shape index (κ3) is 2.95. The molecule has 0 amide bonds. The number of hydrogen-bond acceptors (Lipinski definition) is 3. The van der Waals surface area contributed by atoms with Crippen molar-refractivity contribution in [2.45, 2.75) is 52.7 Å². The molecule has 1 aliphatic rings. The maximum atomic E-state index is 3.63. The van der Waals surface area contributed by atoms with Crippen LogP contribution < -0.4 is 5.32 Å². The average molecular weight is 266 g/mol. The van der Waals surface area contributed by atoms with Gasteiger partial charge in [-0.05, 0) is 49.7 Å². The Morgan fingerprint density at radius 1 is 1.44 bits per heavy atom. The van der Waals surface area contributed by atoms with Crippen LogP contribution in [-0.4, -0.2) is 30.1 Å². The van der Waals surface area contributed by atoms with Crippen LogP contribution in [0.3, 0.4) is 0 Å². The Morgan fingerprint density at radius 3 is 2.83 bits per heavy atom. The molecule has 3 unspecified atom stereocenters. The summed E-state index contributed by atoms with van der Waals surface area (Å²) in [7, 11) is 0. The summed E-state index contributed by atoms with van der Waals surface area (Å²) in [5, 5.41) is 5.84. The van der Waals surface area contributed by atoms with Gasteiger partial charge in [0.25, 0.3) is 0 Å². The summed E-state index contributed by atoms with van der Waals surface area (Å²) in [5.41, 5.74) is 1.45. The Kier molecular flexibility index (Phi) is 4.82. The second kappa shape index (κ2) is 6.18. The summed E-state index contributed by atoms with van der Waals surface area (Å²) in [6, 6.07) is 3.61. The van der Waals surface area contributed by atoms with Crippen LogP contribution in [0.5, 0.6) is 0 Å². The van der Waals surface area contributed by atoms with Crippen LogP contribution in [0.25, 0.3) is 0 Å². The van der Waals surface area contributed by atoms with Gasteiger partial charge in [-0.15, -0.1) is 11.3 Å². The van der Waals surface area contributed by atoms with Gasteiger partial charge in [-0.1, -0.05) is 13.8 Å². The van der Waals surface area contributed by atoms with E-state index in [4.69, 9.17) is 0 Å². The van der Waals surface area contributed by atoms with E-state index in [0.29, 0.717) is 12.1 Å². The molecule has 102 valence electrons. The van der Waals surface area contributed by atoms with Crippen molar-refractivity contribution in [2.24, 2.45) is 5.92 Å². The molecule has 1 N–H and O–H groups in total. The molecule has 0 aromatic carbocycles. The fraction of sp³-hybridized carbons (Fsp3) is 0.733. The molecule has 3 heteroatoms. The highest BCUT2D eigenvalue weighted by atomic mass is 32.1. The maximum absolute atomic E-state index is 3.63. The van der Waals surface area contributed by atoms with Crippen molar-refractivity contribution in [3.8, 4) is 0 Å². The van der Waals surface area contributed by atoms with Crippen LogP contribution in [0.2, 0.25) is 0 Å². The van der Waals surface area contributed by atoms with Gasteiger partial charge in [0.1, 0.15) is 0 Å². The van der Waals surface area contributed by atoms with E-state index >= 15 is 0 Å². The number of aryl methyl sites for hydroxylation is 1. The predicted octanol–water partition coefficient (Wildman–Crippen LogP) is 3.26. The standard InChI is InChI=1S/C15H26N2S/c1-5-16-14-6-8-17(13(4)12(14)3)10-15-11(2)7-9-18-15/h7,9,12-14,16H,5-6,8,10H2,1-4H3. The van der Waals surface area contributed by atoms with E-state index < -0.39 is 0 Å². The smallest absolute Gasteiger partial charge is 0.0333 e. The van der Waals surface area contributed by atoms with Crippen molar-refractivity contribution in [1.82, 2.24) is 10.2 Å². The molecule has 0 aliphatic carbocycles. The summed E-state index contributed by atoms with van der Waals surface area (Å²) in [5.74, 6) is 0.735. The normalized spacial score (nSPS) is 29.7. The zero-order chi connectivity index (χ0) is 13.1. The fourth-order valence-corrected chi connectivity index (χ4v) is 3.89. The highest BCUT2D eigenvalue weighted by Gasteiger charge is 2.31. The van der Waals surface area contributed by atoms with Crippen LogP contribution in [0.15, 0.2) is 11.4 Å². The number of hydrogen-bond donors (Lipinski definition) is 1. The highest BCUT2D eigenvalue weighted by Crippen LogP contribution is 2.27. The molecular weight excluding hydrogens is 240 g/mol. The first-order valence-corrected chi connectivity index (χ1v) is 8.01. The van der Waals surface area contributed by atoms with Crippen molar-refractivity contribution in [1.29, 1.82) is 0 Å². The minimum Gasteiger partial charge on any atom is -0.314 e. The zero-order valence-corrected chi connectivity index (χ0v) is 12.9. The molecule has 1 aliphatic heterocycles. The molecule has 1 saturated heterocycles. The van der Waals surface area contributed by atoms with Gasteiger partial charge in [-0.2, -0.15) is 0 Å². The molecule has 2 rings (SSSR count). The molecule has 0 saturated carbocycles. The Labute approximate surface area is 115 Å². The van der Waals surface area contributed by atoms with Gasteiger partial charge >= 0.3 is 0 Å². The number of likely N-dealkylation sites (tertiary alicyclic amines) is 1. The first kappa shape index (κ1) is 14.0. The number of thiophene rings is 1. The van der Waals surface area contributed by atoms with E-state index in [-0.39, 0.29) is 0 Å². The highest BCUT2D eigenvalue weighted by molar-refractivity contribution is 7.10. The summed E-state index contributed by atoms with van der Waals surface area (Å²) in [6.07, 6.45) is 1.28. The third-order valence-electron chi connectivity index (χ3n) is 4.48.